The molecular formula is C21H23NO. The Labute approximate surface area is 138 Å². The highest BCUT2D eigenvalue weighted by Crippen LogP contribution is 2.28. The molecule has 0 bridgehead atoms. The first kappa shape index (κ1) is 15.6. The molecule has 3 rings (SSSR count). The lowest BCUT2D eigenvalue weighted by molar-refractivity contribution is 0.303. The summed E-state index contributed by atoms with van der Waals surface area (Å²) in [6.45, 7) is 4.63. The van der Waals surface area contributed by atoms with E-state index in [9.17, 15) is 0 Å². The van der Waals surface area contributed by atoms with Crippen molar-refractivity contribution in [3.05, 3.63) is 77.9 Å². The first-order chi connectivity index (χ1) is 11.4. The maximum absolute atomic E-state index is 6.12. The standard InChI is InChI=1S/C21H23NO/c1-2-14-22-15-20-19-11-7-6-10-18(19)12-13-21(20)23-16-17-8-4-3-5-9-17/h3-13,22H,2,14-16H2,1H3. The fourth-order valence-corrected chi connectivity index (χ4v) is 2.76. The Morgan fingerprint density at radius 2 is 1.65 bits per heavy atom. The molecule has 3 aromatic rings. The second kappa shape index (κ2) is 7.80. The van der Waals surface area contributed by atoms with Gasteiger partial charge >= 0.3 is 0 Å². The van der Waals surface area contributed by atoms with Gasteiger partial charge in [0.05, 0.1) is 0 Å². The number of ether oxygens (including phenoxy) is 1. The third-order valence-corrected chi connectivity index (χ3v) is 3.96. The predicted molar refractivity (Wildman–Crippen MR) is 96.7 cm³/mol. The molecule has 0 aliphatic heterocycles. The van der Waals surface area contributed by atoms with Gasteiger partial charge in [-0.05, 0) is 35.4 Å². The van der Waals surface area contributed by atoms with E-state index < -0.39 is 0 Å². The normalized spacial score (nSPS) is 10.8. The fraction of sp³-hybridized carbons (Fsp3) is 0.238. The molecule has 0 saturated carbocycles. The zero-order chi connectivity index (χ0) is 15.9. The minimum Gasteiger partial charge on any atom is -0.489 e. The zero-order valence-electron chi connectivity index (χ0n) is 13.6. The van der Waals surface area contributed by atoms with Crippen molar-refractivity contribution >= 4 is 10.8 Å². The van der Waals surface area contributed by atoms with Crippen LogP contribution in [0.3, 0.4) is 0 Å². The maximum atomic E-state index is 6.12. The molecule has 0 amide bonds. The molecule has 0 unspecified atom stereocenters. The Morgan fingerprint density at radius 3 is 2.48 bits per heavy atom. The molecule has 118 valence electrons. The largest absolute Gasteiger partial charge is 0.489 e. The van der Waals surface area contributed by atoms with E-state index >= 15 is 0 Å². The van der Waals surface area contributed by atoms with Crippen LogP contribution in [-0.2, 0) is 13.2 Å². The molecule has 0 aromatic heterocycles. The van der Waals surface area contributed by atoms with E-state index in [1.54, 1.807) is 0 Å². The number of benzene rings is 3. The van der Waals surface area contributed by atoms with Crippen LogP contribution < -0.4 is 10.1 Å². The van der Waals surface area contributed by atoms with Crippen molar-refractivity contribution in [1.29, 1.82) is 0 Å². The van der Waals surface area contributed by atoms with Crippen LogP contribution in [0.4, 0.5) is 0 Å². The van der Waals surface area contributed by atoms with Crippen LogP contribution >= 0.6 is 0 Å². The lowest BCUT2D eigenvalue weighted by Gasteiger charge is -2.15. The molecule has 1 N–H and O–H groups in total. The number of fused-ring (bicyclic) bond motifs is 1. The Bertz CT molecular complexity index is 752. The average molecular weight is 305 g/mol. The highest BCUT2D eigenvalue weighted by molar-refractivity contribution is 5.87. The maximum Gasteiger partial charge on any atom is 0.124 e. The molecule has 2 heteroatoms. The number of rotatable bonds is 7. The van der Waals surface area contributed by atoms with Crippen molar-refractivity contribution in [2.45, 2.75) is 26.5 Å². The van der Waals surface area contributed by atoms with E-state index in [-0.39, 0.29) is 0 Å². The molecule has 0 aliphatic rings. The van der Waals surface area contributed by atoms with Crippen molar-refractivity contribution in [2.75, 3.05) is 6.54 Å². The summed E-state index contributed by atoms with van der Waals surface area (Å²) in [5.74, 6) is 0.969. The Morgan fingerprint density at radius 1 is 0.870 bits per heavy atom. The van der Waals surface area contributed by atoms with Crippen LogP contribution in [0.2, 0.25) is 0 Å². The van der Waals surface area contributed by atoms with Crippen LogP contribution in [0.15, 0.2) is 66.7 Å². The van der Waals surface area contributed by atoms with Gasteiger partial charge < -0.3 is 10.1 Å². The molecule has 0 radical (unpaired) electrons. The van der Waals surface area contributed by atoms with Gasteiger partial charge in [0.1, 0.15) is 12.4 Å². The number of hydrogen-bond acceptors (Lipinski definition) is 2. The molecule has 2 nitrogen and oxygen atoms in total. The smallest absolute Gasteiger partial charge is 0.124 e. The summed E-state index contributed by atoms with van der Waals surface area (Å²) in [4.78, 5) is 0. The molecular weight excluding hydrogens is 282 g/mol. The van der Waals surface area contributed by atoms with E-state index in [0.717, 1.165) is 25.3 Å². The molecule has 0 spiro atoms. The molecule has 0 saturated heterocycles. The third-order valence-electron chi connectivity index (χ3n) is 3.96. The highest BCUT2D eigenvalue weighted by Gasteiger charge is 2.08. The van der Waals surface area contributed by atoms with Gasteiger partial charge in [-0.15, -0.1) is 0 Å². The lowest BCUT2D eigenvalue weighted by atomic mass is 10.0. The minimum absolute atomic E-state index is 0.597. The van der Waals surface area contributed by atoms with Crippen LogP contribution in [0.25, 0.3) is 10.8 Å². The van der Waals surface area contributed by atoms with E-state index in [1.165, 1.54) is 21.9 Å². The van der Waals surface area contributed by atoms with Gasteiger partial charge in [0.25, 0.3) is 0 Å². The number of nitrogens with one attached hydrogen (secondary N) is 1. The highest BCUT2D eigenvalue weighted by atomic mass is 16.5. The van der Waals surface area contributed by atoms with Gasteiger partial charge in [-0.25, -0.2) is 0 Å². The lowest BCUT2D eigenvalue weighted by Crippen LogP contribution is -2.15. The average Bonchev–Trinajstić information content (AvgIpc) is 2.62. The first-order valence-electron chi connectivity index (χ1n) is 8.26. The van der Waals surface area contributed by atoms with Crippen LogP contribution in [0.5, 0.6) is 5.75 Å². The second-order valence-electron chi connectivity index (χ2n) is 5.71. The molecule has 0 fully saturated rings. The van der Waals surface area contributed by atoms with Crippen molar-refractivity contribution in [3.63, 3.8) is 0 Å². The Balaban J connectivity index is 1.86. The molecule has 0 heterocycles. The van der Waals surface area contributed by atoms with Gasteiger partial charge in [-0.3, -0.25) is 0 Å². The molecule has 0 atom stereocenters. The monoisotopic (exact) mass is 305 g/mol. The second-order valence-corrected chi connectivity index (χ2v) is 5.71. The van der Waals surface area contributed by atoms with Gasteiger partial charge in [0.15, 0.2) is 0 Å². The SMILES string of the molecule is CCCNCc1c(OCc2ccccc2)ccc2ccccc12. The van der Waals surface area contributed by atoms with E-state index in [4.69, 9.17) is 4.74 Å². The van der Waals surface area contributed by atoms with Crippen LogP contribution in [0.1, 0.15) is 24.5 Å². The van der Waals surface area contributed by atoms with Crippen LogP contribution in [0, 0.1) is 0 Å². The quantitative estimate of drug-likeness (QED) is 0.626. The fourth-order valence-electron chi connectivity index (χ4n) is 2.76. The summed E-state index contributed by atoms with van der Waals surface area (Å²) >= 11 is 0. The van der Waals surface area contributed by atoms with Gasteiger partial charge in [-0.1, -0.05) is 67.6 Å². The predicted octanol–water partition coefficient (Wildman–Crippen LogP) is 4.92. The van der Waals surface area contributed by atoms with E-state index in [0.29, 0.717) is 6.61 Å². The van der Waals surface area contributed by atoms with E-state index in [2.05, 4.69) is 60.8 Å². The van der Waals surface area contributed by atoms with Gasteiger partial charge in [0, 0.05) is 12.1 Å². The third kappa shape index (κ3) is 3.91. The van der Waals surface area contributed by atoms with Gasteiger partial charge in [-0.2, -0.15) is 0 Å². The summed E-state index contributed by atoms with van der Waals surface area (Å²) < 4.78 is 6.12. The summed E-state index contributed by atoms with van der Waals surface area (Å²) in [5, 5.41) is 6.02. The topological polar surface area (TPSA) is 21.3 Å². The van der Waals surface area contributed by atoms with Crippen molar-refractivity contribution in [2.24, 2.45) is 0 Å². The Kier molecular flexibility index (Phi) is 5.28. The Hall–Kier alpha value is -2.32. The van der Waals surface area contributed by atoms with Gasteiger partial charge in [0.2, 0.25) is 0 Å². The van der Waals surface area contributed by atoms with Crippen molar-refractivity contribution in [1.82, 2.24) is 5.32 Å². The minimum atomic E-state index is 0.597. The van der Waals surface area contributed by atoms with Crippen LogP contribution in [-0.4, -0.2) is 6.54 Å². The van der Waals surface area contributed by atoms with E-state index in [1.807, 2.05) is 18.2 Å². The first-order valence-corrected chi connectivity index (χ1v) is 8.26. The molecule has 23 heavy (non-hydrogen) atoms. The summed E-state index contributed by atoms with van der Waals surface area (Å²) in [6, 6.07) is 23.0. The summed E-state index contributed by atoms with van der Waals surface area (Å²) in [7, 11) is 0. The molecule has 0 aliphatic carbocycles. The summed E-state index contributed by atoms with van der Waals surface area (Å²) in [6.07, 6.45) is 1.13. The summed E-state index contributed by atoms with van der Waals surface area (Å²) in [5.41, 5.74) is 2.43. The van der Waals surface area contributed by atoms with Crippen molar-refractivity contribution in [3.8, 4) is 5.75 Å². The molecule has 3 aromatic carbocycles. The van der Waals surface area contributed by atoms with Crippen molar-refractivity contribution < 1.29 is 4.74 Å². The zero-order valence-corrected chi connectivity index (χ0v) is 13.6. The number of hydrogen-bond donors (Lipinski definition) is 1.